The van der Waals surface area contributed by atoms with Gasteiger partial charge in [0.15, 0.2) is 0 Å². The highest BCUT2D eigenvalue weighted by molar-refractivity contribution is 7.88. The first-order chi connectivity index (χ1) is 7.03. The number of benzene rings is 1. The second-order valence-electron chi connectivity index (χ2n) is 3.42. The van der Waals surface area contributed by atoms with E-state index in [4.69, 9.17) is 0 Å². The van der Waals surface area contributed by atoms with Crippen LogP contribution in [0.4, 0.5) is 0 Å². The number of nitrogens with one attached hydrogen (secondary N) is 2. The minimum Gasteiger partial charge on any atom is -0.307 e. The van der Waals surface area contributed by atoms with Gasteiger partial charge in [0.25, 0.3) is 0 Å². The zero-order valence-corrected chi connectivity index (χ0v) is 9.76. The van der Waals surface area contributed by atoms with Crippen LogP contribution in [0.2, 0.25) is 0 Å². The monoisotopic (exact) mass is 228 g/mol. The first-order valence-corrected chi connectivity index (χ1v) is 6.36. The van der Waals surface area contributed by atoms with Crippen LogP contribution in [0.3, 0.4) is 0 Å². The van der Waals surface area contributed by atoms with Gasteiger partial charge in [-0.25, -0.2) is 13.1 Å². The van der Waals surface area contributed by atoms with E-state index in [1.54, 1.807) is 7.05 Å². The van der Waals surface area contributed by atoms with Crippen LogP contribution in [0.25, 0.3) is 0 Å². The molecule has 0 aromatic heterocycles. The molecule has 0 fully saturated rings. The molecule has 2 N–H and O–H groups in total. The highest BCUT2D eigenvalue weighted by Gasteiger charge is 2.09. The summed E-state index contributed by atoms with van der Waals surface area (Å²) in [6.45, 7) is 2.23. The predicted molar refractivity (Wildman–Crippen MR) is 60.9 cm³/mol. The minimum atomic E-state index is -3.22. The molecule has 0 heterocycles. The first-order valence-electron chi connectivity index (χ1n) is 4.71. The van der Waals surface area contributed by atoms with E-state index in [2.05, 4.69) is 10.0 Å². The van der Waals surface area contributed by atoms with E-state index >= 15 is 0 Å². The third kappa shape index (κ3) is 4.42. The Kier molecular flexibility index (Phi) is 4.26. The summed E-state index contributed by atoms with van der Waals surface area (Å²) in [7, 11) is -1.53. The maximum absolute atomic E-state index is 11.5. The standard InChI is InChI=1S/C10H16N2O2S/c1-9-3-5-10(6-4-9)7-15(13,14)12-8-11-2/h3-6,11-12H,7-8H2,1-2H3. The summed E-state index contributed by atoms with van der Waals surface area (Å²) in [6, 6.07) is 7.47. The molecular weight excluding hydrogens is 212 g/mol. The van der Waals surface area contributed by atoms with Crippen molar-refractivity contribution in [3.8, 4) is 0 Å². The molecule has 0 radical (unpaired) electrons. The fourth-order valence-corrected chi connectivity index (χ4v) is 2.23. The van der Waals surface area contributed by atoms with E-state index in [-0.39, 0.29) is 12.4 Å². The van der Waals surface area contributed by atoms with Gasteiger partial charge in [0, 0.05) is 0 Å². The summed E-state index contributed by atoms with van der Waals surface area (Å²) in [4.78, 5) is 0. The molecule has 1 aromatic carbocycles. The van der Waals surface area contributed by atoms with Crippen molar-refractivity contribution in [1.82, 2.24) is 10.0 Å². The van der Waals surface area contributed by atoms with Gasteiger partial charge in [0.1, 0.15) is 0 Å². The average molecular weight is 228 g/mol. The largest absolute Gasteiger partial charge is 0.307 e. The summed E-state index contributed by atoms with van der Waals surface area (Å²) in [6.07, 6.45) is 0. The molecule has 0 amide bonds. The molecule has 0 unspecified atom stereocenters. The van der Waals surface area contributed by atoms with Crippen LogP contribution in [-0.4, -0.2) is 22.1 Å². The molecule has 1 aromatic rings. The lowest BCUT2D eigenvalue weighted by atomic mass is 10.2. The summed E-state index contributed by atoms with van der Waals surface area (Å²) < 4.78 is 25.4. The van der Waals surface area contributed by atoms with Gasteiger partial charge >= 0.3 is 0 Å². The number of hydrogen-bond acceptors (Lipinski definition) is 3. The molecule has 0 atom stereocenters. The van der Waals surface area contributed by atoms with Crippen LogP contribution in [0.5, 0.6) is 0 Å². The van der Waals surface area contributed by atoms with E-state index in [1.165, 1.54) is 0 Å². The highest BCUT2D eigenvalue weighted by atomic mass is 32.2. The van der Waals surface area contributed by atoms with E-state index in [0.717, 1.165) is 11.1 Å². The van der Waals surface area contributed by atoms with Crippen molar-refractivity contribution in [2.24, 2.45) is 0 Å². The van der Waals surface area contributed by atoms with Crippen molar-refractivity contribution in [1.29, 1.82) is 0 Å². The molecular formula is C10H16N2O2S. The second kappa shape index (κ2) is 5.25. The third-order valence-corrected chi connectivity index (χ3v) is 3.24. The molecule has 0 spiro atoms. The van der Waals surface area contributed by atoms with Gasteiger partial charge in [-0.2, -0.15) is 0 Å². The Bertz CT molecular complexity index is 398. The van der Waals surface area contributed by atoms with Crippen molar-refractivity contribution in [3.63, 3.8) is 0 Å². The Balaban J connectivity index is 2.65. The van der Waals surface area contributed by atoms with Gasteiger partial charge in [-0.05, 0) is 19.5 Å². The topological polar surface area (TPSA) is 58.2 Å². The third-order valence-electron chi connectivity index (χ3n) is 1.95. The number of rotatable bonds is 5. The van der Waals surface area contributed by atoms with Crippen molar-refractivity contribution in [2.75, 3.05) is 13.7 Å². The lowest BCUT2D eigenvalue weighted by Gasteiger charge is -2.06. The van der Waals surface area contributed by atoms with Gasteiger partial charge in [-0.1, -0.05) is 29.8 Å². The number of hydrogen-bond donors (Lipinski definition) is 2. The van der Waals surface area contributed by atoms with Gasteiger partial charge in [0.2, 0.25) is 10.0 Å². The van der Waals surface area contributed by atoms with Crippen LogP contribution >= 0.6 is 0 Å². The molecule has 0 aliphatic carbocycles. The average Bonchev–Trinajstić information content (AvgIpc) is 2.18. The van der Waals surface area contributed by atoms with E-state index in [1.807, 2.05) is 31.2 Å². The van der Waals surface area contributed by atoms with Crippen LogP contribution in [0.15, 0.2) is 24.3 Å². The Morgan fingerprint density at radius 2 is 1.80 bits per heavy atom. The molecule has 0 bridgehead atoms. The fraction of sp³-hybridized carbons (Fsp3) is 0.400. The minimum absolute atomic E-state index is 0.0228. The van der Waals surface area contributed by atoms with Crippen molar-refractivity contribution in [2.45, 2.75) is 12.7 Å². The maximum Gasteiger partial charge on any atom is 0.216 e. The Morgan fingerprint density at radius 3 is 2.33 bits per heavy atom. The van der Waals surface area contributed by atoms with Crippen LogP contribution in [0, 0.1) is 6.92 Å². The molecule has 5 heteroatoms. The number of sulfonamides is 1. The number of aryl methyl sites for hydroxylation is 1. The zero-order chi connectivity index (χ0) is 11.3. The highest BCUT2D eigenvalue weighted by Crippen LogP contribution is 2.06. The lowest BCUT2D eigenvalue weighted by molar-refractivity contribution is 0.576. The van der Waals surface area contributed by atoms with Gasteiger partial charge < -0.3 is 5.32 Å². The van der Waals surface area contributed by atoms with Gasteiger partial charge in [-0.3, -0.25) is 0 Å². The smallest absolute Gasteiger partial charge is 0.216 e. The fourth-order valence-electron chi connectivity index (χ4n) is 1.14. The Labute approximate surface area is 90.8 Å². The van der Waals surface area contributed by atoms with Gasteiger partial charge in [-0.15, -0.1) is 0 Å². The summed E-state index contributed by atoms with van der Waals surface area (Å²) in [5, 5.41) is 2.73. The predicted octanol–water partition coefficient (Wildman–Crippen LogP) is 0.591. The van der Waals surface area contributed by atoms with Gasteiger partial charge in [0.05, 0.1) is 12.4 Å². The molecule has 4 nitrogen and oxygen atoms in total. The summed E-state index contributed by atoms with van der Waals surface area (Å²) >= 11 is 0. The van der Waals surface area contributed by atoms with Crippen LogP contribution in [-0.2, 0) is 15.8 Å². The maximum atomic E-state index is 11.5. The molecule has 84 valence electrons. The van der Waals surface area contributed by atoms with Crippen molar-refractivity contribution < 1.29 is 8.42 Å². The second-order valence-corrected chi connectivity index (χ2v) is 5.23. The zero-order valence-electron chi connectivity index (χ0n) is 8.95. The van der Waals surface area contributed by atoms with E-state index in [9.17, 15) is 8.42 Å². The van der Waals surface area contributed by atoms with Crippen LogP contribution in [0.1, 0.15) is 11.1 Å². The molecule has 1 rings (SSSR count). The molecule has 15 heavy (non-hydrogen) atoms. The SMILES string of the molecule is CNCNS(=O)(=O)Cc1ccc(C)cc1. The molecule has 0 saturated carbocycles. The summed E-state index contributed by atoms with van der Waals surface area (Å²) in [5.74, 6) is 0.0228. The molecule has 0 aliphatic rings. The van der Waals surface area contributed by atoms with Crippen molar-refractivity contribution >= 4 is 10.0 Å². The molecule has 0 aliphatic heterocycles. The van der Waals surface area contributed by atoms with E-state index in [0.29, 0.717) is 0 Å². The normalized spacial score (nSPS) is 11.6. The Hall–Kier alpha value is -0.910. The van der Waals surface area contributed by atoms with Crippen molar-refractivity contribution in [3.05, 3.63) is 35.4 Å². The van der Waals surface area contributed by atoms with Crippen LogP contribution < -0.4 is 10.0 Å². The van der Waals surface area contributed by atoms with E-state index < -0.39 is 10.0 Å². The Morgan fingerprint density at radius 1 is 1.20 bits per heavy atom. The quantitative estimate of drug-likeness (QED) is 0.725. The lowest BCUT2D eigenvalue weighted by Crippen LogP contribution is -2.32. The molecule has 0 saturated heterocycles. The summed E-state index contributed by atoms with van der Waals surface area (Å²) in [5.41, 5.74) is 1.92. The first kappa shape index (κ1) is 12.2.